The number of carboxylic acids is 1. The van der Waals surface area contributed by atoms with Crippen LogP contribution in [0.5, 0.6) is 0 Å². The lowest BCUT2D eigenvalue weighted by atomic mass is 9.49. The summed E-state index contributed by atoms with van der Waals surface area (Å²) in [5.41, 5.74) is 3.46. The van der Waals surface area contributed by atoms with Crippen LogP contribution >= 0.6 is 0 Å². The third-order valence-corrected chi connectivity index (χ3v) is 8.95. The molecule has 0 aliphatic heterocycles. The van der Waals surface area contributed by atoms with Gasteiger partial charge < -0.3 is 10.4 Å². The highest BCUT2D eigenvalue weighted by Gasteiger charge is 2.50. The van der Waals surface area contributed by atoms with Crippen molar-refractivity contribution in [3.05, 3.63) is 93.3 Å². The maximum atomic E-state index is 13.4. The number of carbonyl (C=O) groups is 1. The lowest BCUT2D eigenvalue weighted by molar-refractivity contribution is -0.384. The second-order valence-corrected chi connectivity index (χ2v) is 11.8. The van der Waals surface area contributed by atoms with Crippen molar-refractivity contribution in [2.24, 2.45) is 23.2 Å². The molecule has 7 heteroatoms. The van der Waals surface area contributed by atoms with Crippen molar-refractivity contribution in [1.82, 2.24) is 0 Å². The van der Waals surface area contributed by atoms with Crippen molar-refractivity contribution in [3.63, 3.8) is 0 Å². The Morgan fingerprint density at radius 1 is 0.949 bits per heavy atom. The van der Waals surface area contributed by atoms with Gasteiger partial charge in [-0.2, -0.15) is 0 Å². The maximum absolute atomic E-state index is 13.4. The Morgan fingerprint density at radius 2 is 1.59 bits per heavy atom. The summed E-state index contributed by atoms with van der Waals surface area (Å²) in [5.74, 6) is 1.03. The third-order valence-electron chi connectivity index (χ3n) is 8.95. The van der Waals surface area contributed by atoms with Crippen molar-refractivity contribution < 1.29 is 19.2 Å². The van der Waals surface area contributed by atoms with Crippen LogP contribution in [0.4, 0.5) is 15.8 Å². The Morgan fingerprint density at radius 3 is 2.21 bits per heavy atom. The number of nitro benzene ring substituents is 1. The minimum absolute atomic E-state index is 0.0143. The quantitative estimate of drug-likeness (QED) is 0.177. The van der Waals surface area contributed by atoms with Crippen LogP contribution in [-0.2, 0) is 0 Å². The fourth-order valence-electron chi connectivity index (χ4n) is 7.65. The van der Waals surface area contributed by atoms with Crippen LogP contribution in [0.25, 0.3) is 23.3 Å². The molecule has 0 unspecified atom stereocenters. The Labute approximate surface area is 226 Å². The molecular formula is C32H31FN2O4. The standard InChI is InChI=1S/C32H31FN2O4/c33-27-7-4-24(5-8-27)25-6-9-28(31(36)37)26(15-25)3-1-20-2-10-29(30(14-20)35(38)39)34-19-32-16-21-11-22(17-32)13-23(12-21)18-32/h1-10,14-15,21-23,34H,11-13,16-19H2,(H,36,37)/b3-1+. The Hall–Kier alpha value is -4.00. The first-order valence-corrected chi connectivity index (χ1v) is 13.6. The minimum Gasteiger partial charge on any atom is -0.478 e. The molecule has 0 amide bonds. The van der Waals surface area contributed by atoms with E-state index < -0.39 is 5.97 Å². The summed E-state index contributed by atoms with van der Waals surface area (Å²) >= 11 is 0. The molecule has 0 spiro atoms. The van der Waals surface area contributed by atoms with Crippen LogP contribution in [0.3, 0.4) is 0 Å². The summed E-state index contributed by atoms with van der Waals surface area (Å²) in [4.78, 5) is 23.4. The van der Waals surface area contributed by atoms with Crippen molar-refractivity contribution in [1.29, 1.82) is 0 Å². The normalized spacial score (nSPS) is 25.2. The van der Waals surface area contributed by atoms with Gasteiger partial charge in [0.1, 0.15) is 11.5 Å². The van der Waals surface area contributed by atoms with Gasteiger partial charge in [-0.1, -0.05) is 36.4 Å². The molecule has 39 heavy (non-hydrogen) atoms. The van der Waals surface area contributed by atoms with E-state index in [1.54, 1.807) is 42.5 Å². The Kier molecular flexibility index (Phi) is 6.45. The number of hydrogen-bond acceptors (Lipinski definition) is 4. The van der Waals surface area contributed by atoms with Gasteiger partial charge in [-0.25, -0.2) is 9.18 Å². The minimum atomic E-state index is -1.07. The molecule has 0 radical (unpaired) electrons. The van der Waals surface area contributed by atoms with Gasteiger partial charge in [0.05, 0.1) is 10.5 Å². The molecule has 2 N–H and O–H groups in total. The molecule has 200 valence electrons. The molecule has 3 aromatic carbocycles. The number of nitrogens with zero attached hydrogens (tertiary/aromatic N) is 1. The molecule has 4 aliphatic carbocycles. The van der Waals surface area contributed by atoms with E-state index >= 15 is 0 Å². The summed E-state index contributed by atoms with van der Waals surface area (Å²) in [6.45, 7) is 0.769. The first-order valence-electron chi connectivity index (χ1n) is 13.6. The van der Waals surface area contributed by atoms with Crippen LogP contribution in [0.2, 0.25) is 0 Å². The number of carboxylic acid groups (broad SMARTS) is 1. The number of benzene rings is 3. The van der Waals surface area contributed by atoms with Gasteiger partial charge in [0, 0.05) is 12.6 Å². The number of hydrogen-bond donors (Lipinski definition) is 2. The van der Waals surface area contributed by atoms with E-state index in [-0.39, 0.29) is 27.4 Å². The maximum Gasteiger partial charge on any atom is 0.336 e. The van der Waals surface area contributed by atoms with Crippen molar-refractivity contribution in [3.8, 4) is 11.1 Å². The predicted octanol–water partition coefficient (Wildman–Crippen LogP) is 7.90. The Balaban J connectivity index is 1.23. The van der Waals surface area contributed by atoms with Gasteiger partial charge in [0.15, 0.2) is 0 Å². The van der Waals surface area contributed by atoms with E-state index in [0.717, 1.165) is 35.4 Å². The highest BCUT2D eigenvalue weighted by molar-refractivity contribution is 5.94. The molecule has 4 fully saturated rings. The second kappa shape index (κ2) is 9.95. The second-order valence-electron chi connectivity index (χ2n) is 11.8. The lowest BCUT2D eigenvalue weighted by Crippen LogP contribution is -2.49. The number of nitro groups is 1. The molecular weight excluding hydrogens is 495 g/mol. The fourth-order valence-corrected chi connectivity index (χ4v) is 7.65. The van der Waals surface area contributed by atoms with Crippen molar-refractivity contribution >= 4 is 29.5 Å². The molecule has 3 aromatic rings. The summed E-state index contributed by atoms with van der Waals surface area (Å²) in [6, 6.07) is 16.0. The van der Waals surface area contributed by atoms with E-state index in [4.69, 9.17) is 0 Å². The SMILES string of the molecule is O=C(O)c1ccc(-c2ccc(F)cc2)cc1/C=C/c1ccc(NCC23CC4CC(CC(C4)C2)C3)c([N+](=O)[O-])c1. The van der Waals surface area contributed by atoms with Crippen molar-refractivity contribution in [2.45, 2.75) is 38.5 Å². The predicted molar refractivity (Wildman–Crippen MR) is 150 cm³/mol. The zero-order valence-electron chi connectivity index (χ0n) is 21.6. The zero-order valence-corrected chi connectivity index (χ0v) is 21.6. The summed E-state index contributed by atoms with van der Waals surface area (Å²) < 4.78 is 13.4. The number of rotatable bonds is 8. The van der Waals surface area contributed by atoms with Gasteiger partial charge in [-0.05, 0) is 114 Å². The van der Waals surface area contributed by atoms with Gasteiger partial charge in [0.25, 0.3) is 5.69 Å². The summed E-state index contributed by atoms with van der Waals surface area (Å²) in [6.07, 6.45) is 11.1. The number of nitrogens with one attached hydrogen (secondary N) is 1. The van der Waals surface area contributed by atoms with Crippen LogP contribution in [0, 0.1) is 39.1 Å². The molecule has 4 bridgehead atoms. The Bertz CT molecular complexity index is 1430. The molecule has 0 atom stereocenters. The summed E-state index contributed by atoms with van der Waals surface area (Å²) in [7, 11) is 0. The van der Waals surface area contributed by atoms with Crippen LogP contribution in [0.15, 0.2) is 60.7 Å². The average molecular weight is 527 g/mol. The van der Waals surface area contributed by atoms with Crippen LogP contribution in [0.1, 0.15) is 60.0 Å². The van der Waals surface area contributed by atoms with Crippen LogP contribution in [-0.4, -0.2) is 22.5 Å². The van der Waals surface area contributed by atoms with Gasteiger partial charge in [0.2, 0.25) is 0 Å². The van der Waals surface area contributed by atoms with E-state index in [1.165, 1.54) is 62.8 Å². The topological polar surface area (TPSA) is 92.5 Å². The first kappa shape index (κ1) is 25.3. The number of halogens is 1. The molecule has 4 aliphatic rings. The molecule has 0 aromatic heterocycles. The average Bonchev–Trinajstić information content (AvgIpc) is 2.90. The zero-order chi connectivity index (χ0) is 27.1. The van der Waals surface area contributed by atoms with Gasteiger partial charge in [-0.3, -0.25) is 10.1 Å². The number of anilines is 1. The van der Waals surface area contributed by atoms with E-state index in [9.17, 15) is 24.4 Å². The molecule has 6 nitrogen and oxygen atoms in total. The van der Waals surface area contributed by atoms with E-state index in [2.05, 4.69) is 5.32 Å². The largest absolute Gasteiger partial charge is 0.478 e. The lowest BCUT2D eigenvalue weighted by Gasteiger charge is -2.57. The highest BCUT2D eigenvalue weighted by atomic mass is 19.1. The molecule has 7 rings (SSSR count). The van der Waals surface area contributed by atoms with E-state index in [1.807, 2.05) is 6.07 Å². The van der Waals surface area contributed by atoms with Crippen LogP contribution < -0.4 is 5.32 Å². The third kappa shape index (κ3) is 5.18. The molecule has 0 heterocycles. The van der Waals surface area contributed by atoms with Crippen molar-refractivity contribution in [2.75, 3.05) is 11.9 Å². The van der Waals surface area contributed by atoms with E-state index in [0.29, 0.717) is 16.8 Å². The number of aromatic carboxylic acids is 1. The first-order chi connectivity index (χ1) is 18.8. The fraction of sp³-hybridized carbons (Fsp3) is 0.344. The van der Waals surface area contributed by atoms with Gasteiger partial charge in [-0.15, -0.1) is 0 Å². The van der Waals surface area contributed by atoms with Gasteiger partial charge >= 0.3 is 5.97 Å². The summed E-state index contributed by atoms with van der Waals surface area (Å²) in [5, 5.41) is 25.1. The molecule has 0 saturated heterocycles. The molecule has 4 saturated carbocycles. The monoisotopic (exact) mass is 526 g/mol. The smallest absolute Gasteiger partial charge is 0.336 e. The highest BCUT2D eigenvalue weighted by Crippen LogP contribution is 2.60.